The van der Waals surface area contributed by atoms with Crippen LogP contribution in [-0.2, 0) is 10.0 Å². The summed E-state index contributed by atoms with van der Waals surface area (Å²) in [5.41, 5.74) is 3.08. The number of carbonyl (C=O) groups excluding carboxylic acids is 2. The van der Waals surface area contributed by atoms with Crippen LogP contribution in [0.15, 0.2) is 42.5 Å². The zero-order valence-electron chi connectivity index (χ0n) is 17.3. The summed E-state index contributed by atoms with van der Waals surface area (Å²) in [4.78, 5) is 27.2. The Morgan fingerprint density at radius 2 is 1.65 bits per heavy atom. The van der Waals surface area contributed by atoms with Crippen molar-refractivity contribution < 1.29 is 18.0 Å². The molecule has 0 radical (unpaired) electrons. The summed E-state index contributed by atoms with van der Waals surface area (Å²) in [5, 5.41) is 2.88. The van der Waals surface area contributed by atoms with E-state index in [0.29, 0.717) is 35.5 Å². The third kappa shape index (κ3) is 4.72. The van der Waals surface area contributed by atoms with Gasteiger partial charge in [0.1, 0.15) is 0 Å². The lowest BCUT2D eigenvalue weighted by molar-refractivity contribution is 0.0772. The highest BCUT2D eigenvalue weighted by atomic mass is 32.2. The molecule has 2 aromatic carbocycles. The van der Waals surface area contributed by atoms with Crippen LogP contribution in [0.25, 0.3) is 0 Å². The fraction of sp³-hybridized carbons (Fsp3) is 0.364. The van der Waals surface area contributed by atoms with Gasteiger partial charge in [0, 0.05) is 48.0 Å². The molecule has 2 saturated heterocycles. The van der Waals surface area contributed by atoms with Gasteiger partial charge >= 0.3 is 0 Å². The van der Waals surface area contributed by atoms with Crippen molar-refractivity contribution >= 4 is 45.0 Å². The molecular weight excluding hydrogens is 434 g/mol. The molecule has 2 aromatic rings. The Morgan fingerprint density at radius 3 is 2.26 bits per heavy atom. The maximum atomic E-state index is 12.7. The highest BCUT2D eigenvalue weighted by Crippen LogP contribution is 2.25. The van der Waals surface area contributed by atoms with Crippen LogP contribution in [-0.4, -0.2) is 62.0 Å². The second-order valence-electron chi connectivity index (χ2n) is 7.68. The second-order valence-corrected chi connectivity index (χ2v) is 10.9. The molecule has 0 aromatic heterocycles. The van der Waals surface area contributed by atoms with E-state index in [4.69, 9.17) is 0 Å². The topological polar surface area (TPSA) is 86.8 Å². The maximum absolute atomic E-state index is 12.7. The van der Waals surface area contributed by atoms with Gasteiger partial charge in [-0.3, -0.25) is 13.9 Å². The predicted molar refractivity (Wildman–Crippen MR) is 125 cm³/mol. The van der Waals surface area contributed by atoms with Crippen molar-refractivity contribution in [2.75, 3.05) is 46.5 Å². The van der Waals surface area contributed by atoms with Gasteiger partial charge in [0.2, 0.25) is 10.0 Å². The molecule has 2 aliphatic rings. The van der Waals surface area contributed by atoms with Gasteiger partial charge in [-0.25, -0.2) is 8.42 Å². The smallest absolute Gasteiger partial charge is 0.255 e. The van der Waals surface area contributed by atoms with E-state index in [9.17, 15) is 18.0 Å². The molecule has 0 aliphatic carbocycles. The minimum atomic E-state index is -3.25. The molecule has 7 nitrogen and oxygen atoms in total. The summed E-state index contributed by atoms with van der Waals surface area (Å²) >= 11 is 1.86. The number of thioether (sulfide) groups is 1. The Bertz CT molecular complexity index is 1090. The predicted octanol–water partition coefficient (Wildman–Crippen LogP) is 2.98. The van der Waals surface area contributed by atoms with E-state index < -0.39 is 10.0 Å². The summed E-state index contributed by atoms with van der Waals surface area (Å²) in [7, 11) is -3.25. The minimum absolute atomic E-state index is 0.0220. The molecule has 0 bridgehead atoms. The quantitative estimate of drug-likeness (QED) is 0.760. The van der Waals surface area contributed by atoms with E-state index in [2.05, 4.69) is 5.32 Å². The van der Waals surface area contributed by atoms with Crippen LogP contribution in [0.2, 0.25) is 0 Å². The number of sulfonamides is 1. The highest BCUT2D eigenvalue weighted by Gasteiger charge is 2.28. The number of rotatable bonds is 4. The Morgan fingerprint density at radius 1 is 0.968 bits per heavy atom. The van der Waals surface area contributed by atoms with Gasteiger partial charge in [-0.1, -0.05) is 0 Å². The van der Waals surface area contributed by atoms with Crippen molar-refractivity contribution in [3.05, 3.63) is 59.2 Å². The average Bonchev–Trinajstić information content (AvgIpc) is 3.14. The van der Waals surface area contributed by atoms with Crippen LogP contribution >= 0.6 is 11.8 Å². The van der Waals surface area contributed by atoms with Crippen LogP contribution in [0.3, 0.4) is 0 Å². The Kier molecular flexibility index (Phi) is 6.24. The summed E-state index contributed by atoms with van der Waals surface area (Å²) in [6.07, 6.45) is 0.610. The number of amides is 2. The van der Waals surface area contributed by atoms with Crippen molar-refractivity contribution in [3.63, 3.8) is 0 Å². The fourth-order valence-electron chi connectivity index (χ4n) is 3.79. The monoisotopic (exact) mass is 459 g/mol. The molecule has 2 fully saturated rings. The van der Waals surface area contributed by atoms with Gasteiger partial charge in [0.05, 0.1) is 11.4 Å². The molecule has 4 rings (SSSR count). The normalized spacial score (nSPS) is 18.1. The molecule has 2 heterocycles. The van der Waals surface area contributed by atoms with Crippen molar-refractivity contribution in [2.24, 2.45) is 0 Å². The first-order valence-electron chi connectivity index (χ1n) is 10.2. The van der Waals surface area contributed by atoms with Gasteiger partial charge in [-0.05, 0) is 61.4 Å². The lowest BCUT2D eigenvalue weighted by Crippen LogP contribution is -2.37. The van der Waals surface area contributed by atoms with Crippen molar-refractivity contribution in [1.29, 1.82) is 0 Å². The molecule has 0 atom stereocenters. The molecule has 2 amide bonds. The van der Waals surface area contributed by atoms with E-state index in [0.717, 1.165) is 30.2 Å². The third-order valence-corrected chi connectivity index (χ3v) is 8.35. The molecular formula is C22H25N3O4S2. The summed E-state index contributed by atoms with van der Waals surface area (Å²) in [6, 6.07) is 11.9. The van der Waals surface area contributed by atoms with E-state index >= 15 is 0 Å². The molecule has 0 saturated carbocycles. The minimum Gasteiger partial charge on any atom is -0.337 e. The van der Waals surface area contributed by atoms with Crippen molar-refractivity contribution in [1.82, 2.24) is 4.90 Å². The van der Waals surface area contributed by atoms with E-state index in [1.54, 1.807) is 42.5 Å². The van der Waals surface area contributed by atoms with E-state index in [1.165, 1.54) is 4.31 Å². The Hall–Kier alpha value is -2.52. The molecule has 0 unspecified atom stereocenters. The molecule has 31 heavy (non-hydrogen) atoms. The van der Waals surface area contributed by atoms with Gasteiger partial charge in [-0.2, -0.15) is 11.8 Å². The molecule has 2 aliphatic heterocycles. The summed E-state index contributed by atoms with van der Waals surface area (Å²) in [5.74, 6) is 1.81. The molecule has 9 heteroatoms. The van der Waals surface area contributed by atoms with Gasteiger partial charge in [0.15, 0.2) is 0 Å². The van der Waals surface area contributed by atoms with Crippen molar-refractivity contribution in [3.8, 4) is 0 Å². The number of aryl methyl sites for hydroxylation is 1. The summed E-state index contributed by atoms with van der Waals surface area (Å²) < 4.78 is 25.5. The number of benzene rings is 2. The number of carbonyl (C=O) groups is 2. The zero-order chi connectivity index (χ0) is 22.0. The van der Waals surface area contributed by atoms with Gasteiger partial charge < -0.3 is 10.2 Å². The fourth-order valence-corrected chi connectivity index (χ4v) is 6.26. The first-order chi connectivity index (χ1) is 14.8. The van der Waals surface area contributed by atoms with Crippen molar-refractivity contribution in [2.45, 2.75) is 13.3 Å². The van der Waals surface area contributed by atoms with E-state index in [-0.39, 0.29) is 17.6 Å². The van der Waals surface area contributed by atoms with Crippen LogP contribution in [0.1, 0.15) is 32.7 Å². The van der Waals surface area contributed by atoms with Gasteiger partial charge in [-0.15, -0.1) is 0 Å². The number of hydrogen-bond acceptors (Lipinski definition) is 5. The molecule has 0 spiro atoms. The number of hydrogen-bond donors (Lipinski definition) is 1. The lowest BCUT2D eigenvalue weighted by atomic mass is 10.1. The SMILES string of the molecule is Cc1cc(C(=O)N2CCSCC2)ccc1NC(=O)c1ccc(N2CCCS2(=O)=O)cc1. The maximum Gasteiger partial charge on any atom is 0.255 e. The van der Waals surface area contributed by atoms with Crippen LogP contribution in [0, 0.1) is 6.92 Å². The summed E-state index contributed by atoms with van der Waals surface area (Å²) in [6.45, 7) is 3.85. The number of anilines is 2. The number of nitrogens with zero attached hydrogens (tertiary/aromatic N) is 2. The zero-order valence-corrected chi connectivity index (χ0v) is 19.0. The first-order valence-corrected chi connectivity index (χ1v) is 13.0. The van der Waals surface area contributed by atoms with Gasteiger partial charge in [0.25, 0.3) is 11.8 Å². The largest absolute Gasteiger partial charge is 0.337 e. The van der Waals surface area contributed by atoms with Crippen LogP contribution in [0.5, 0.6) is 0 Å². The Balaban J connectivity index is 1.44. The van der Waals surface area contributed by atoms with Crippen LogP contribution < -0.4 is 9.62 Å². The molecule has 164 valence electrons. The second kappa shape index (κ2) is 8.92. The first kappa shape index (κ1) is 21.7. The van der Waals surface area contributed by atoms with E-state index in [1.807, 2.05) is 23.6 Å². The lowest BCUT2D eigenvalue weighted by Gasteiger charge is -2.26. The molecule has 1 N–H and O–H groups in total. The highest BCUT2D eigenvalue weighted by molar-refractivity contribution is 7.99. The number of nitrogens with one attached hydrogen (secondary N) is 1. The van der Waals surface area contributed by atoms with Crippen LogP contribution in [0.4, 0.5) is 11.4 Å². The average molecular weight is 460 g/mol. The third-order valence-electron chi connectivity index (χ3n) is 5.54. The standard InChI is InChI=1S/C22H25N3O4S2/c1-16-15-18(22(27)24-10-12-30-13-11-24)5-8-20(16)23-21(26)17-3-6-19(7-4-17)25-9-2-14-31(25,28)29/h3-8,15H,2,9-14H2,1H3,(H,23,26). The Labute approximate surface area is 186 Å².